The van der Waals surface area contributed by atoms with Gasteiger partial charge in [-0.05, 0) is 54.4 Å². The molecule has 2 N–H and O–H groups in total. The summed E-state index contributed by atoms with van der Waals surface area (Å²) >= 11 is 0. The van der Waals surface area contributed by atoms with Crippen LogP contribution in [0.5, 0.6) is 11.5 Å². The Morgan fingerprint density at radius 3 is 2.58 bits per heavy atom. The Hall–Kier alpha value is -4.32. The standard InChI is InChI=1S/C27H24N4O2/c1-18-7-6-10-21(13-18)30-26-22-15-23(31-27(22)29-17-28-26)20-11-12-24(25(14-20)32-2)33-16-19-8-4-3-5-9-19/h3-15,17H,16H2,1-2H3,(H2,28,29,30,31). The van der Waals surface area contributed by atoms with Crippen LogP contribution in [0.15, 0.2) is 85.2 Å². The molecule has 0 bridgehead atoms. The van der Waals surface area contributed by atoms with E-state index in [1.54, 1.807) is 13.4 Å². The summed E-state index contributed by atoms with van der Waals surface area (Å²) in [6.07, 6.45) is 1.56. The van der Waals surface area contributed by atoms with Crippen LogP contribution in [-0.2, 0) is 6.61 Å². The highest BCUT2D eigenvalue weighted by Crippen LogP contribution is 2.35. The molecule has 2 aromatic heterocycles. The minimum absolute atomic E-state index is 0.479. The van der Waals surface area contributed by atoms with E-state index in [1.165, 1.54) is 5.56 Å². The monoisotopic (exact) mass is 436 g/mol. The van der Waals surface area contributed by atoms with E-state index in [4.69, 9.17) is 9.47 Å². The summed E-state index contributed by atoms with van der Waals surface area (Å²) in [7, 11) is 1.65. The van der Waals surface area contributed by atoms with Crippen LogP contribution in [0.25, 0.3) is 22.3 Å². The quantitative estimate of drug-likeness (QED) is 0.315. The molecule has 0 fully saturated rings. The van der Waals surface area contributed by atoms with Crippen LogP contribution in [-0.4, -0.2) is 22.1 Å². The van der Waals surface area contributed by atoms with Crippen molar-refractivity contribution in [2.75, 3.05) is 12.4 Å². The lowest BCUT2D eigenvalue weighted by Gasteiger charge is -2.12. The van der Waals surface area contributed by atoms with Crippen molar-refractivity contribution in [3.63, 3.8) is 0 Å². The summed E-state index contributed by atoms with van der Waals surface area (Å²) in [6, 6.07) is 26.2. The maximum atomic E-state index is 5.99. The Balaban J connectivity index is 1.42. The number of benzene rings is 3. The summed E-state index contributed by atoms with van der Waals surface area (Å²) in [5, 5.41) is 4.31. The van der Waals surface area contributed by atoms with Gasteiger partial charge in [0.25, 0.3) is 0 Å². The van der Waals surface area contributed by atoms with Crippen molar-refractivity contribution >= 4 is 22.5 Å². The number of aromatic nitrogens is 3. The van der Waals surface area contributed by atoms with Crippen LogP contribution < -0.4 is 14.8 Å². The minimum atomic E-state index is 0.479. The third kappa shape index (κ3) is 4.50. The zero-order valence-electron chi connectivity index (χ0n) is 18.5. The van der Waals surface area contributed by atoms with Crippen molar-refractivity contribution < 1.29 is 9.47 Å². The summed E-state index contributed by atoms with van der Waals surface area (Å²) in [4.78, 5) is 12.3. The Bertz CT molecular complexity index is 1400. The van der Waals surface area contributed by atoms with E-state index in [1.807, 2.05) is 66.7 Å². The predicted molar refractivity (Wildman–Crippen MR) is 131 cm³/mol. The second-order valence-corrected chi connectivity index (χ2v) is 7.80. The molecular formula is C27H24N4O2. The number of nitrogens with zero attached hydrogens (tertiary/aromatic N) is 2. The summed E-state index contributed by atoms with van der Waals surface area (Å²) in [5.41, 5.74) is 5.93. The van der Waals surface area contributed by atoms with Crippen molar-refractivity contribution in [1.29, 1.82) is 0 Å². The van der Waals surface area contributed by atoms with E-state index in [9.17, 15) is 0 Å². The number of hydrogen-bond donors (Lipinski definition) is 2. The summed E-state index contributed by atoms with van der Waals surface area (Å²) in [6.45, 7) is 2.54. The molecule has 5 rings (SSSR count). The fourth-order valence-corrected chi connectivity index (χ4v) is 3.74. The number of nitrogens with one attached hydrogen (secondary N) is 2. The highest BCUT2D eigenvalue weighted by Gasteiger charge is 2.13. The third-order valence-corrected chi connectivity index (χ3v) is 5.42. The Morgan fingerprint density at radius 1 is 0.879 bits per heavy atom. The molecule has 0 saturated carbocycles. The molecule has 0 saturated heterocycles. The first-order valence-electron chi connectivity index (χ1n) is 10.7. The maximum Gasteiger partial charge on any atom is 0.161 e. The van der Waals surface area contributed by atoms with Crippen LogP contribution in [0, 0.1) is 6.92 Å². The molecule has 0 amide bonds. The lowest BCUT2D eigenvalue weighted by atomic mass is 10.1. The fraction of sp³-hybridized carbons (Fsp3) is 0.111. The predicted octanol–water partition coefficient (Wildman–Crippen LogP) is 6.26. The van der Waals surface area contributed by atoms with Gasteiger partial charge in [0, 0.05) is 16.9 Å². The van der Waals surface area contributed by atoms with Crippen LogP contribution >= 0.6 is 0 Å². The summed E-state index contributed by atoms with van der Waals surface area (Å²) < 4.78 is 11.6. The van der Waals surface area contributed by atoms with Gasteiger partial charge in [-0.2, -0.15) is 0 Å². The van der Waals surface area contributed by atoms with Crippen molar-refractivity contribution in [3.05, 3.63) is 96.3 Å². The zero-order chi connectivity index (χ0) is 22.6. The van der Waals surface area contributed by atoms with Gasteiger partial charge in [-0.25, -0.2) is 9.97 Å². The molecule has 164 valence electrons. The molecule has 3 aromatic carbocycles. The number of anilines is 2. The number of rotatable bonds is 7. The SMILES string of the molecule is COc1cc(-c2cc3c(Nc4cccc(C)c4)ncnc3[nH]2)ccc1OCc1ccccc1. The topological polar surface area (TPSA) is 72.1 Å². The molecule has 5 aromatic rings. The average Bonchev–Trinajstić information content (AvgIpc) is 3.29. The Kier molecular flexibility index (Phi) is 5.64. The molecule has 0 unspecified atom stereocenters. The van der Waals surface area contributed by atoms with Gasteiger partial charge >= 0.3 is 0 Å². The number of aryl methyl sites for hydroxylation is 1. The number of methoxy groups -OCH3 is 1. The van der Waals surface area contributed by atoms with Crippen molar-refractivity contribution in [2.24, 2.45) is 0 Å². The van der Waals surface area contributed by atoms with E-state index in [2.05, 4.69) is 39.3 Å². The van der Waals surface area contributed by atoms with E-state index in [-0.39, 0.29) is 0 Å². The van der Waals surface area contributed by atoms with E-state index in [0.717, 1.165) is 39.4 Å². The molecule has 0 atom stereocenters. The normalized spacial score (nSPS) is 10.8. The second kappa shape index (κ2) is 9.04. The smallest absolute Gasteiger partial charge is 0.161 e. The van der Waals surface area contributed by atoms with Crippen molar-refractivity contribution in [1.82, 2.24) is 15.0 Å². The molecule has 0 aliphatic heterocycles. The molecule has 6 heteroatoms. The molecule has 0 aliphatic rings. The first kappa shape index (κ1) is 20.6. The lowest BCUT2D eigenvalue weighted by Crippen LogP contribution is -1.97. The molecule has 0 spiro atoms. The second-order valence-electron chi connectivity index (χ2n) is 7.80. The molecule has 2 heterocycles. The number of ether oxygens (including phenoxy) is 2. The van der Waals surface area contributed by atoms with Gasteiger partial charge in [0.15, 0.2) is 11.5 Å². The molecule has 0 radical (unpaired) electrons. The van der Waals surface area contributed by atoms with Crippen LogP contribution in [0.4, 0.5) is 11.5 Å². The average molecular weight is 437 g/mol. The highest BCUT2D eigenvalue weighted by atomic mass is 16.5. The molecular weight excluding hydrogens is 412 g/mol. The minimum Gasteiger partial charge on any atom is -0.493 e. The molecule has 33 heavy (non-hydrogen) atoms. The number of H-pyrrole nitrogens is 1. The highest BCUT2D eigenvalue weighted by molar-refractivity contribution is 5.93. The lowest BCUT2D eigenvalue weighted by molar-refractivity contribution is 0.284. The van der Waals surface area contributed by atoms with Crippen molar-refractivity contribution in [3.8, 4) is 22.8 Å². The molecule has 6 nitrogen and oxygen atoms in total. The first-order valence-corrected chi connectivity index (χ1v) is 10.7. The maximum absolute atomic E-state index is 5.99. The van der Waals surface area contributed by atoms with Crippen molar-refractivity contribution in [2.45, 2.75) is 13.5 Å². The third-order valence-electron chi connectivity index (χ3n) is 5.42. The van der Waals surface area contributed by atoms with E-state index in [0.29, 0.717) is 18.1 Å². The Labute approximate surface area is 192 Å². The summed E-state index contributed by atoms with van der Waals surface area (Å²) in [5.74, 6) is 2.12. The number of hydrogen-bond acceptors (Lipinski definition) is 5. The largest absolute Gasteiger partial charge is 0.493 e. The number of aromatic amines is 1. The van der Waals surface area contributed by atoms with E-state index < -0.39 is 0 Å². The molecule has 0 aliphatic carbocycles. The van der Waals surface area contributed by atoms with Gasteiger partial charge in [-0.3, -0.25) is 0 Å². The van der Waals surface area contributed by atoms with Crippen LogP contribution in [0.2, 0.25) is 0 Å². The van der Waals surface area contributed by atoms with Gasteiger partial charge < -0.3 is 19.8 Å². The van der Waals surface area contributed by atoms with E-state index >= 15 is 0 Å². The fourth-order valence-electron chi connectivity index (χ4n) is 3.74. The van der Waals surface area contributed by atoms with Gasteiger partial charge in [0.05, 0.1) is 12.5 Å². The Morgan fingerprint density at radius 2 is 1.76 bits per heavy atom. The van der Waals surface area contributed by atoms with Gasteiger partial charge in [-0.1, -0.05) is 42.5 Å². The van der Waals surface area contributed by atoms with Gasteiger partial charge in [0.1, 0.15) is 24.4 Å². The first-order chi connectivity index (χ1) is 16.2. The van der Waals surface area contributed by atoms with Crippen LogP contribution in [0.1, 0.15) is 11.1 Å². The van der Waals surface area contributed by atoms with Gasteiger partial charge in [0.2, 0.25) is 0 Å². The zero-order valence-corrected chi connectivity index (χ0v) is 18.5. The van der Waals surface area contributed by atoms with Crippen LogP contribution in [0.3, 0.4) is 0 Å². The van der Waals surface area contributed by atoms with Gasteiger partial charge in [-0.15, -0.1) is 0 Å². The number of fused-ring (bicyclic) bond motifs is 1.